The second-order valence-corrected chi connectivity index (χ2v) is 8.62. The lowest BCUT2D eigenvalue weighted by molar-refractivity contribution is -0.138. The van der Waals surface area contributed by atoms with Gasteiger partial charge in [-0.1, -0.05) is 6.92 Å². The van der Waals surface area contributed by atoms with E-state index in [2.05, 4.69) is 50.0 Å². The summed E-state index contributed by atoms with van der Waals surface area (Å²) in [5.74, 6) is 0.743. The van der Waals surface area contributed by atoms with Crippen LogP contribution in [0.1, 0.15) is 81.1 Å². The zero-order valence-corrected chi connectivity index (χ0v) is 18.5. The molecular formula is C20H42N2O5. The van der Waals surface area contributed by atoms with Crippen molar-refractivity contribution in [3.8, 4) is 0 Å². The summed E-state index contributed by atoms with van der Waals surface area (Å²) in [6.45, 7) is 17.7. The summed E-state index contributed by atoms with van der Waals surface area (Å²) >= 11 is 0. The lowest BCUT2D eigenvalue weighted by atomic mass is 9.96. The van der Waals surface area contributed by atoms with E-state index in [1.165, 1.54) is 19.3 Å². The van der Waals surface area contributed by atoms with Crippen molar-refractivity contribution < 1.29 is 24.2 Å². The monoisotopic (exact) mass is 390 g/mol. The number of rotatable bonds is 10. The molecule has 3 N–H and O–H groups in total. The Morgan fingerprint density at radius 3 is 1.81 bits per heavy atom. The van der Waals surface area contributed by atoms with E-state index in [9.17, 15) is 9.59 Å². The molecule has 0 saturated heterocycles. The molecule has 0 aliphatic carbocycles. The fourth-order valence-electron chi connectivity index (χ4n) is 2.25. The van der Waals surface area contributed by atoms with Gasteiger partial charge in [-0.3, -0.25) is 14.4 Å². The summed E-state index contributed by atoms with van der Waals surface area (Å²) in [7, 11) is 0. The highest BCUT2D eigenvalue weighted by Crippen LogP contribution is 2.15. The van der Waals surface area contributed by atoms with Crippen molar-refractivity contribution in [1.82, 2.24) is 10.6 Å². The van der Waals surface area contributed by atoms with E-state index in [0.29, 0.717) is 12.5 Å². The van der Waals surface area contributed by atoms with Crippen molar-refractivity contribution in [3.05, 3.63) is 0 Å². The molecule has 0 aliphatic rings. The van der Waals surface area contributed by atoms with Crippen LogP contribution >= 0.6 is 0 Å². The Morgan fingerprint density at radius 1 is 0.963 bits per heavy atom. The average Bonchev–Trinajstić information content (AvgIpc) is 2.48. The Morgan fingerprint density at radius 2 is 1.48 bits per heavy atom. The van der Waals surface area contributed by atoms with E-state index in [0.717, 1.165) is 25.3 Å². The van der Waals surface area contributed by atoms with Crippen molar-refractivity contribution in [3.63, 3.8) is 0 Å². The molecule has 0 saturated carbocycles. The minimum absolute atomic E-state index is 0.205. The number of carbonyl (C=O) groups excluding carboxylic acids is 2. The van der Waals surface area contributed by atoms with Gasteiger partial charge < -0.3 is 20.5 Å². The molecule has 0 aromatic carbocycles. The molecular weight excluding hydrogens is 348 g/mol. The maximum atomic E-state index is 10.1. The third-order valence-electron chi connectivity index (χ3n) is 3.27. The van der Waals surface area contributed by atoms with Crippen LogP contribution in [0.25, 0.3) is 0 Å². The number of carbonyl (C=O) groups is 3. The van der Waals surface area contributed by atoms with Crippen LogP contribution in [0.4, 0.5) is 0 Å². The average molecular weight is 391 g/mol. The minimum Gasteiger partial charge on any atom is -0.483 e. The van der Waals surface area contributed by atoms with Crippen LogP contribution < -0.4 is 10.6 Å². The first-order chi connectivity index (χ1) is 12.3. The van der Waals surface area contributed by atoms with Gasteiger partial charge in [0.2, 0.25) is 6.41 Å². The molecule has 27 heavy (non-hydrogen) atoms. The molecule has 0 bridgehead atoms. The smallest absolute Gasteiger partial charge is 0.293 e. The van der Waals surface area contributed by atoms with E-state index in [1.54, 1.807) is 0 Å². The van der Waals surface area contributed by atoms with E-state index >= 15 is 0 Å². The van der Waals surface area contributed by atoms with E-state index in [1.807, 2.05) is 20.8 Å². The van der Waals surface area contributed by atoms with Crippen LogP contribution in [-0.2, 0) is 19.1 Å². The summed E-state index contributed by atoms with van der Waals surface area (Å²) in [6.07, 6.45) is 5.54. The summed E-state index contributed by atoms with van der Waals surface area (Å²) in [6, 6.07) is 0.575. The van der Waals surface area contributed by atoms with E-state index in [-0.39, 0.29) is 17.6 Å². The quantitative estimate of drug-likeness (QED) is 0.390. The number of amides is 1. The molecule has 0 aromatic heterocycles. The summed E-state index contributed by atoms with van der Waals surface area (Å²) < 4.78 is 4.55. The molecule has 0 radical (unpaired) electrons. The molecule has 0 heterocycles. The largest absolute Gasteiger partial charge is 0.483 e. The zero-order valence-electron chi connectivity index (χ0n) is 18.5. The lowest BCUT2D eigenvalue weighted by Crippen LogP contribution is -2.42. The van der Waals surface area contributed by atoms with Crippen LogP contribution in [0.2, 0.25) is 0 Å². The Kier molecular flexibility index (Phi) is 19.8. The first kappa shape index (κ1) is 30.1. The Labute approximate surface area is 165 Å². The van der Waals surface area contributed by atoms with Crippen molar-refractivity contribution in [1.29, 1.82) is 0 Å². The second kappa shape index (κ2) is 17.8. The van der Waals surface area contributed by atoms with Crippen molar-refractivity contribution in [2.75, 3.05) is 6.54 Å². The fraction of sp³-hybridized carbons (Fsp3) is 0.850. The third kappa shape index (κ3) is 36.1. The van der Waals surface area contributed by atoms with Crippen molar-refractivity contribution in [2.24, 2.45) is 5.92 Å². The summed E-state index contributed by atoms with van der Waals surface area (Å²) in [4.78, 5) is 28.0. The number of nitrogens with one attached hydrogen (secondary N) is 2. The number of hydrogen-bond acceptors (Lipinski definition) is 5. The minimum atomic E-state index is -0.318. The molecule has 0 fully saturated rings. The summed E-state index contributed by atoms with van der Waals surface area (Å²) in [5, 5.41) is 13.2. The zero-order chi connectivity index (χ0) is 21.9. The molecule has 0 spiro atoms. The first-order valence-electron chi connectivity index (χ1n) is 9.47. The Bertz CT molecular complexity index is 362. The van der Waals surface area contributed by atoms with Gasteiger partial charge in [0.05, 0.1) is 0 Å². The lowest BCUT2D eigenvalue weighted by Gasteiger charge is -2.26. The van der Waals surface area contributed by atoms with Gasteiger partial charge in [0.25, 0.3) is 12.9 Å². The maximum absolute atomic E-state index is 10.1. The van der Waals surface area contributed by atoms with E-state index < -0.39 is 0 Å². The highest BCUT2D eigenvalue weighted by molar-refractivity contribution is 5.45. The van der Waals surface area contributed by atoms with Gasteiger partial charge in [0.1, 0.15) is 5.60 Å². The van der Waals surface area contributed by atoms with Gasteiger partial charge in [-0.05, 0) is 80.1 Å². The number of carboxylic acid groups (broad SMARTS) is 1. The van der Waals surface area contributed by atoms with Crippen molar-refractivity contribution >= 4 is 19.4 Å². The molecule has 162 valence electrons. The topological polar surface area (TPSA) is 105 Å². The SMILES string of the molecule is CC(C)(C)OC=O.CC(CCCNC=O)CCC(C)NC(C)(C)C.O=CO. The first-order valence-corrected chi connectivity index (χ1v) is 9.47. The van der Waals surface area contributed by atoms with Crippen LogP contribution in [0.5, 0.6) is 0 Å². The predicted molar refractivity (Wildman–Crippen MR) is 110 cm³/mol. The molecule has 0 aliphatic heterocycles. The van der Waals surface area contributed by atoms with E-state index in [4.69, 9.17) is 9.90 Å². The van der Waals surface area contributed by atoms with Gasteiger partial charge >= 0.3 is 0 Å². The normalized spacial score (nSPS) is 12.9. The number of ether oxygens (including phenoxy) is 1. The molecule has 1 amide bonds. The van der Waals surface area contributed by atoms with Crippen LogP contribution in [0, 0.1) is 5.92 Å². The predicted octanol–water partition coefficient (Wildman–Crippen LogP) is 3.36. The van der Waals surface area contributed by atoms with Crippen LogP contribution in [0.15, 0.2) is 0 Å². The molecule has 2 unspecified atom stereocenters. The molecule has 2 atom stereocenters. The van der Waals surface area contributed by atoms with Crippen LogP contribution in [0.3, 0.4) is 0 Å². The summed E-state index contributed by atoms with van der Waals surface area (Å²) in [5.41, 5.74) is -0.113. The molecule has 7 nitrogen and oxygen atoms in total. The highest BCUT2D eigenvalue weighted by atomic mass is 16.5. The number of hydrogen-bond donors (Lipinski definition) is 3. The molecule has 0 rings (SSSR count). The second-order valence-electron chi connectivity index (χ2n) is 8.62. The van der Waals surface area contributed by atoms with Gasteiger partial charge in [-0.15, -0.1) is 0 Å². The van der Waals surface area contributed by atoms with Crippen LogP contribution in [-0.4, -0.2) is 48.2 Å². The fourth-order valence-corrected chi connectivity index (χ4v) is 2.25. The Balaban J connectivity index is -0.000000476. The van der Waals surface area contributed by atoms with Crippen molar-refractivity contribution in [2.45, 2.75) is 98.3 Å². The third-order valence-corrected chi connectivity index (χ3v) is 3.27. The van der Waals surface area contributed by atoms with Gasteiger partial charge in [0.15, 0.2) is 0 Å². The van der Waals surface area contributed by atoms with Gasteiger partial charge in [-0.25, -0.2) is 0 Å². The standard InChI is InChI=1S/C14H30N2O.C5H10O2.CH2O2/c1-12(7-6-10-15-11-17)8-9-13(2)16-14(3,4)5;1-5(2,3)7-4-6;2-1-3/h11-13,16H,6-10H2,1-5H3,(H,15,17);4H,1-3H3;1H,(H,2,3). The highest BCUT2D eigenvalue weighted by Gasteiger charge is 2.14. The Hall–Kier alpha value is -1.63. The van der Waals surface area contributed by atoms with Gasteiger partial charge in [-0.2, -0.15) is 0 Å². The molecule has 7 heteroatoms. The molecule has 0 aromatic rings. The van der Waals surface area contributed by atoms with Gasteiger partial charge in [0, 0.05) is 18.1 Å². The maximum Gasteiger partial charge on any atom is 0.293 e.